The van der Waals surface area contributed by atoms with Crippen molar-refractivity contribution < 1.29 is 14.3 Å². The zero-order valence-corrected chi connectivity index (χ0v) is 15.2. The lowest BCUT2D eigenvalue weighted by Gasteiger charge is -2.16. The van der Waals surface area contributed by atoms with Crippen molar-refractivity contribution in [1.29, 1.82) is 5.26 Å². The molecule has 0 bridgehead atoms. The summed E-state index contributed by atoms with van der Waals surface area (Å²) < 4.78 is 11.1. The Bertz CT molecular complexity index is 821. The Morgan fingerprint density at radius 3 is 2.54 bits per heavy atom. The predicted molar refractivity (Wildman–Crippen MR) is 101 cm³/mol. The van der Waals surface area contributed by atoms with Gasteiger partial charge in [0.25, 0.3) is 5.91 Å². The van der Waals surface area contributed by atoms with Gasteiger partial charge in [0, 0.05) is 12.1 Å². The van der Waals surface area contributed by atoms with Gasteiger partial charge in [0.1, 0.15) is 11.6 Å². The molecule has 0 radical (unpaired) electrons. The minimum absolute atomic E-state index is 0.00258. The smallest absolute Gasteiger partial charge is 0.262 e. The third-order valence-corrected chi connectivity index (χ3v) is 3.54. The van der Waals surface area contributed by atoms with Gasteiger partial charge in [-0.2, -0.15) is 5.26 Å². The van der Waals surface area contributed by atoms with Crippen molar-refractivity contribution in [2.24, 2.45) is 0 Å². The number of para-hydroxylation sites is 1. The number of benzene rings is 2. The number of amides is 1. The van der Waals surface area contributed by atoms with E-state index in [2.05, 4.69) is 5.32 Å². The van der Waals surface area contributed by atoms with Gasteiger partial charge in [-0.25, -0.2) is 0 Å². The standard InChI is InChI=1S/C21H22N2O3/c1-15(2)26-20-17(10-7-11-19(20)25-3)12-18(13-22)21(24)23-14-16-8-5-4-6-9-16/h4-12,15H,14H2,1-3H3,(H,23,24)/b18-12-. The molecule has 5 nitrogen and oxygen atoms in total. The molecule has 2 aromatic carbocycles. The highest BCUT2D eigenvalue weighted by Gasteiger charge is 2.14. The van der Waals surface area contributed by atoms with Crippen LogP contribution in [0, 0.1) is 11.3 Å². The van der Waals surface area contributed by atoms with Gasteiger partial charge in [0.05, 0.1) is 13.2 Å². The molecule has 0 heterocycles. The van der Waals surface area contributed by atoms with Crippen molar-refractivity contribution in [2.75, 3.05) is 7.11 Å². The second-order valence-electron chi connectivity index (χ2n) is 5.88. The number of carbonyl (C=O) groups excluding carboxylic acids is 1. The summed E-state index contributed by atoms with van der Waals surface area (Å²) in [6.45, 7) is 4.15. The third-order valence-electron chi connectivity index (χ3n) is 3.54. The molecule has 1 amide bonds. The molecule has 1 N–H and O–H groups in total. The molecule has 0 spiro atoms. The molecule has 0 aliphatic heterocycles. The molecule has 0 aliphatic rings. The van der Waals surface area contributed by atoms with Crippen molar-refractivity contribution in [1.82, 2.24) is 5.32 Å². The summed E-state index contributed by atoms with van der Waals surface area (Å²) in [5.41, 5.74) is 1.58. The first-order chi connectivity index (χ1) is 12.5. The van der Waals surface area contributed by atoms with Crippen LogP contribution in [0.2, 0.25) is 0 Å². The van der Waals surface area contributed by atoms with Crippen LogP contribution in [0.1, 0.15) is 25.0 Å². The van der Waals surface area contributed by atoms with E-state index in [-0.39, 0.29) is 11.7 Å². The van der Waals surface area contributed by atoms with Crippen LogP contribution in [0.25, 0.3) is 6.08 Å². The van der Waals surface area contributed by atoms with Gasteiger partial charge in [-0.1, -0.05) is 42.5 Å². The van der Waals surface area contributed by atoms with E-state index in [9.17, 15) is 10.1 Å². The monoisotopic (exact) mass is 350 g/mol. The maximum atomic E-state index is 12.4. The van der Waals surface area contributed by atoms with Gasteiger partial charge in [-0.15, -0.1) is 0 Å². The molecular formula is C21H22N2O3. The Morgan fingerprint density at radius 2 is 1.92 bits per heavy atom. The predicted octanol–water partition coefficient (Wildman–Crippen LogP) is 3.71. The number of nitriles is 1. The summed E-state index contributed by atoms with van der Waals surface area (Å²) in [7, 11) is 1.55. The molecule has 26 heavy (non-hydrogen) atoms. The molecule has 0 fully saturated rings. The summed E-state index contributed by atoms with van der Waals surface area (Å²) in [6, 6.07) is 16.8. The summed E-state index contributed by atoms with van der Waals surface area (Å²) >= 11 is 0. The van der Waals surface area contributed by atoms with Gasteiger partial charge < -0.3 is 14.8 Å². The number of methoxy groups -OCH3 is 1. The van der Waals surface area contributed by atoms with E-state index in [1.807, 2.05) is 50.2 Å². The van der Waals surface area contributed by atoms with Crippen molar-refractivity contribution in [3.63, 3.8) is 0 Å². The van der Waals surface area contributed by atoms with Crippen LogP contribution in [0.5, 0.6) is 11.5 Å². The lowest BCUT2D eigenvalue weighted by atomic mass is 10.1. The fourth-order valence-corrected chi connectivity index (χ4v) is 2.35. The number of hydrogen-bond donors (Lipinski definition) is 1. The van der Waals surface area contributed by atoms with Gasteiger partial charge in [0.2, 0.25) is 0 Å². The van der Waals surface area contributed by atoms with Gasteiger partial charge in [-0.3, -0.25) is 4.79 Å². The van der Waals surface area contributed by atoms with E-state index in [1.165, 1.54) is 6.08 Å². The normalized spacial score (nSPS) is 11.0. The second-order valence-corrected chi connectivity index (χ2v) is 5.88. The van der Waals surface area contributed by atoms with Crippen LogP contribution in [0.3, 0.4) is 0 Å². The van der Waals surface area contributed by atoms with Gasteiger partial charge in [-0.05, 0) is 31.6 Å². The fraction of sp³-hybridized carbons (Fsp3) is 0.238. The minimum atomic E-state index is -0.435. The number of nitrogens with zero attached hydrogens (tertiary/aromatic N) is 1. The lowest BCUT2D eigenvalue weighted by Crippen LogP contribution is -2.23. The largest absolute Gasteiger partial charge is 0.493 e. The SMILES string of the molecule is COc1cccc(/C=C(/C#N)C(=O)NCc2ccccc2)c1OC(C)C. The topological polar surface area (TPSA) is 71.3 Å². The van der Waals surface area contributed by atoms with E-state index >= 15 is 0 Å². The quantitative estimate of drug-likeness (QED) is 0.610. The lowest BCUT2D eigenvalue weighted by molar-refractivity contribution is -0.117. The Hall–Kier alpha value is -3.26. The number of carbonyl (C=O) groups is 1. The van der Waals surface area contributed by atoms with Crippen molar-refractivity contribution in [2.45, 2.75) is 26.5 Å². The van der Waals surface area contributed by atoms with Crippen LogP contribution in [-0.4, -0.2) is 19.1 Å². The second kappa shape index (κ2) is 9.28. The Morgan fingerprint density at radius 1 is 1.19 bits per heavy atom. The average molecular weight is 350 g/mol. The zero-order chi connectivity index (χ0) is 18.9. The van der Waals surface area contributed by atoms with Gasteiger partial charge in [0.15, 0.2) is 11.5 Å². The molecule has 0 saturated heterocycles. The molecule has 2 rings (SSSR count). The van der Waals surface area contributed by atoms with Crippen LogP contribution in [0.15, 0.2) is 54.1 Å². The minimum Gasteiger partial charge on any atom is -0.493 e. The van der Waals surface area contributed by atoms with E-state index in [0.29, 0.717) is 23.6 Å². The first-order valence-electron chi connectivity index (χ1n) is 8.32. The molecule has 0 saturated carbocycles. The van der Waals surface area contributed by atoms with E-state index in [1.54, 1.807) is 25.3 Å². The molecule has 0 atom stereocenters. The van der Waals surface area contributed by atoms with Crippen molar-refractivity contribution in [3.8, 4) is 17.6 Å². The fourth-order valence-electron chi connectivity index (χ4n) is 2.35. The Labute approximate surface area is 153 Å². The zero-order valence-electron chi connectivity index (χ0n) is 15.2. The van der Waals surface area contributed by atoms with Crippen LogP contribution >= 0.6 is 0 Å². The van der Waals surface area contributed by atoms with E-state index < -0.39 is 5.91 Å². The molecule has 0 aromatic heterocycles. The summed E-state index contributed by atoms with van der Waals surface area (Å²) in [5, 5.41) is 12.2. The third kappa shape index (κ3) is 5.12. The summed E-state index contributed by atoms with van der Waals surface area (Å²) in [6.07, 6.45) is 1.44. The summed E-state index contributed by atoms with van der Waals surface area (Å²) in [5.74, 6) is 0.623. The first-order valence-corrected chi connectivity index (χ1v) is 8.32. The Kier molecular flexibility index (Phi) is 6.81. The number of ether oxygens (including phenoxy) is 2. The van der Waals surface area contributed by atoms with Crippen LogP contribution < -0.4 is 14.8 Å². The van der Waals surface area contributed by atoms with Gasteiger partial charge >= 0.3 is 0 Å². The number of hydrogen-bond acceptors (Lipinski definition) is 4. The van der Waals surface area contributed by atoms with Crippen molar-refractivity contribution >= 4 is 12.0 Å². The number of nitrogens with one attached hydrogen (secondary N) is 1. The summed E-state index contributed by atoms with van der Waals surface area (Å²) in [4.78, 5) is 12.4. The highest BCUT2D eigenvalue weighted by Crippen LogP contribution is 2.33. The molecule has 134 valence electrons. The highest BCUT2D eigenvalue weighted by molar-refractivity contribution is 6.02. The van der Waals surface area contributed by atoms with Crippen LogP contribution in [-0.2, 0) is 11.3 Å². The first kappa shape index (κ1) is 19.1. The average Bonchev–Trinajstić information content (AvgIpc) is 2.65. The Balaban J connectivity index is 2.25. The molecule has 0 unspecified atom stereocenters. The number of rotatable bonds is 7. The maximum absolute atomic E-state index is 12.4. The molecule has 2 aromatic rings. The van der Waals surface area contributed by atoms with E-state index in [4.69, 9.17) is 9.47 Å². The molecule has 5 heteroatoms. The highest BCUT2D eigenvalue weighted by atomic mass is 16.5. The molecule has 0 aliphatic carbocycles. The maximum Gasteiger partial charge on any atom is 0.262 e. The molecular weight excluding hydrogens is 328 g/mol. The van der Waals surface area contributed by atoms with E-state index in [0.717, 1.165) is 5.56 Å². The van der Waals surface area contributed by atoms with Crippen LogP contribution in [0.4, 0.5) is 0 Å². The van der Waals surface area contributed by atoms with Crippen molar-refractivity contribution in [3.05, 3.63) is 65.2 Å².